The first-order valence-corrected chi connectivity index (χ1v) is 6.76. The molecule has 0 unspecified atom stereocenters. The Hall–Kier alpha value is -1.39. The first kappa shape index (κ1) is 14.0. The van der Waals surface area contributed by atoms with Crippen LogP contribution in [0.15, 0.2) is 40.9 Å². The summed E-state index contributed by atoms with van der Waals surface area (Å²) in [5.74, 6) is 0.952. The molecule has 19 heavy (non-hydrogen) atoms. The second kappa shape index (κ2) is 6.17. The van der Waals surface area contributed by atoms with E-state index in [9.17, 15) is 4.39 Å². The molecule has 0 aliphatic carbocycles. The molecule has 2 nitrogen and oxygen atoms in total. The van der Waals surface area contributed by atoms with Crippen LogP contribution in [0.2, 0.25) is 0 Å². The van der Waals surface area contributed by atoms with Crippen LogP contribution in [0.3, 0.4) is 0 Å². The lowest BCUT2D eigenvalue weighted by atomic mass is 10.2. The van der Waals surface area contributed by atoms with Crippen LogP contribution in [-0.4, -0.2) is 7.05 Å². The third kappa shape index (κ3) is 3.55. The molecule has 0 spiro atoms. The van der Waals surface area contributed by atoms with Crippen molar-refractivity contribution in [2.24, 2.45) is 0 Å². The summed E-state index contributed by atoms with van der Waals surface area (Å²) in [4.78, 5) is 0. The molecular weight excluding hydrogens is 309 g/mol. The van der Waals surface area contributed by atoms with Crippen molar-refractivity contribution in [3.8, 4) is 11.5 Å². The van der Waals surface area contributed by atoms with Crippen molar-refractivity contribution in [2.75, 3.05) is 7.05 Å². The number of aryl methyl sites for hydroxylation is 1. The molecule has 0 amide bonds. The van der Waals surface area contributed by atoms with Gasteiger partial charge >= 0.3 is 0 Å². The van der Waals surface area contributed by atoms with Crippen molar-refractivity contribution >= 4 is 15.9 Å². The molecule has 0 saturated heterocycles. The van der Waals surface area contributed by atoms with Crippen LogP contribution < -0.4 is 10.1 Å². The third-order valence-corrected chi connectivity index (χ3v) is 3.26. The smallest absolute Gasteiger partial charge is 0.133 e. The molecule has 0 heterocycles. The number of hydrogen-bond donors (Lipinski definition) is 1. The average Bonchev–Trinajstić information content (AvgIpc) is 2.37. The zero-order chi connectivity index (χ0) is 13.8. The molecule has 0 bridgehead atoms. The van der Waals surface area contributed by atoms with E-state index in [0.717, 1.165) is 10.0 Å². The Balaban J connectivity index is 2.30. The monoisotopic (exact) mass is 323 g/mol. The van der Waals surface area contributed by atoms with Crippen LogP contribution in [0.1, 0.15) is 11.1 Å². The highest BCUT2D eigenvalue weighted by molar-refractivity contribution is 9.10. The maximum absolute atomic E-state index is 13.5. The molecule has 0 radical (unpaired) electrons. The molecule has 4 heteroatoms. The van der Waals surface area contributed by atoms with Gasteiger partial charge < -0.3 is 10.1 Å². The second-order valence-corrected chi connectivity index (χ2v) is 5.21. The van der Waals surface area contributed by atoms with E-state index < -0.39 is 0 Å². The van der Waals surface area contributed by atoms with Crippen molar-refractivity contribution in [3.05, 3.63) is 57.8 Å². The largest absolute Gasteiger partial charge is 0.457 e. The SMILES string of the molecule is CNCc1ccc(Br)cc1Oc1ccc(C)c(F)c1. The molecule has 100 valence electrons. The van der Waals surface area contributed by atoms with E-state index >= 15 is 0 Å². The third-order valence-electron chi connectivity index (χ3n) is 2.77. The standard InChI is InChI=1S/C15H15BrFNO/c1-10-3-6-13(8-14(10)17)19-15-7-12(16)5-4-11(15)9-18-2/h3-8,18H,9H2,1-2H3. The summed E-state index contributed by atoms with van der Waals surface area (Å²) in [6.07, 6.45) is 0. The molecule has 0 saturated carbocycles. The molecule has 0 fully saturated rings. The van der Waals surface area contributed by atoms with Gasteiger partial charge in [-0.25, -0.2) is 4.39 Å². The summed E-state index contributed by atoms with van der Waals surface area (Å²) in [5.41, 5.74) is 1.63. The number of nitrogens with one attached hydrogen (secondary N) is 1. The Bertz CT molecular complexity index is 586. The predicted octanol–water partition coefficient (Wildman–Crippen LogP) is 4.41. The lowest BCUT2D eigenvalue weighted by Crippen LogP contribution is -2.06. The van der Waals surface area contributed by atoms with Crippen LogP contribution in [-0.2, 0) is 6.54 Å². The Morgan fingerprint density at radius 1 is 1.21 bits per heavy atom. The van der Waals surface area contributed by atoms with Gasteiger partial charge in [0.1, 0.15) is 17.3 Å². The van der Waals surface area contributed by atoms with Gasteiger partial charge in [-0.05, 0) is 37.7 Å². The van der Waals surface area contributed by atoms with Gasteiger partial charge in [0.15, 0.2) is 0 Å². The summed E-state index contributed by atoms with van der Waals surface area (Å²) in [6.45, 7) is 2.42. The second-order valence-electron chi connectivity index (χ2n) is 4.30. The zero-order valence-corrected chi connectivity index (χ0v) is 12.4. The maximum atomic E-state index is 13.5. The molecular formula is C15H15BrFNO. The molecule has 2 aromatic carbocycles. The van der Waals surface area contributed by atoms with Gasteiger partial charge in [0.25, 0.3) is 0 Å². The average molecular weight is 324 g/mol. The zero-order valence-electron chi connectivity index (χ0n) is 10.8. The van der Waals surface area contributed by atoms with Crippen molar-refractivity contribution in [1.29, 1.82) is 0 Å². The van der Waals surface area contributed by atoms with E-state index in [1.165, 1.54) is 6.07 Å². The van der Waals surface area contributed by atoms with E-state index in [-0.39, 0.29) is 5.82 Å². The predicted molar refractivity (Wildman–Crippen MR) is 78.1 cm³/mol. The highest BCUT2D eigenvalue weighted by atomic mass is 79.9. The van der Waals surface area contributed by atoms with Gasteiger partial charge in [0.05, 0.1) is 0 Å². The van der Waals surface area contributed by atoms with E-state index in [2.05, 4.69) is 21.2 Å². The molecule has 0 aliphatic rings. The highest BCUT2D eigenvalue weighted by Crippen LogP contribution is 2.29. The summed E-state index contributed by atoms with van der Waals surface area (Å²) >= 11 is 3.41. The quantitative estimate of drug-likeness (QED) is 0.899. The highest BCUT2D eigenvalue weighted by Gasteiger charge is 2.07. The van der Waals surface area contributed by atoms with E-state index in [1.54, 1.807) is 19.1 Å². The normalized spacial score (nSPS) is 10.5. The molecule has 1 N–H and O–H groups in total. The Morgan fingerprint density at radius 2 is 2.00 bits per heavy atom. The molecule has 0 atom stereocenters. The van der Waals surface area contributed by atoms with Crippen LogP contribution in [0.4, 0.5) is 4.39 Å². The number of hydrogen-bond acceptors (Lipinski definition) is 2. The minimum Gasteiger partial charge on any atom is -0.457 e. The summed E-state index contributed by atoms with van der Waals surface area (Å²) < 4.78 is 20.2. The summed E-state index contributed by atoms with van der Waals surface area (Å²) in [6, 6.07) is 10.7. The lowest BCUT2D eigenvalue weighted by molar-refractivity contribution is 0.468. The molecule has 2 rings (SSSR count). The Kier molecular flexibility index (Phi) is 4.56. The van der Waals surface area contributed by atoms with E-state index in [0.29, 0.717) is 23.6 Å². The number of ether oxygens (including phenoxy) is 1. The minimum atomic E-state index is -0.261. The van der Waals surface area contributed by atoms with Crippen LogP contribution in [0, 0.1) is 12.7 Å². The summed E-state index contributed by atoms with van der Waals surface area (Å²) in [7, 11) is 1.87. The van der Waals surface area contributed by atoms with Crippen molar-refractivity contribution in [3.63, 3.8) is 0 Å². The van der Waals surface area contributed by atoms with Gasteiger partial charge in [0, 0.05) is 22.6 Å². The van der Waals surface area contributed by atoms with Crippen LogP contribution in [0.25, 0.3) is 0 Å². The van der Waals surface area contributed by atoms with E-state index in [1.807, 2.05) is 25.2 Å². The fraction of sp³-hybridized carbons (Fsp3) is 0.200. The maximum Gasteiger partial charge on any atom is 0.133 e. The fourth-order valence-corrected chi connectivity index (χ4v) is 2.06. The number of benzene rings is 2. The van der Waals surface area contributed by atoms with Crippen molar-refractivity contribution in [1.82, 2.24) is 5.32 Å². The molecule has 0 aromatic heterocycles. The first-order valence-electron chi connectivity index (χ1n) is 5.97. The van der Waals surface area contributed by atoms with Gasteiger partial charge in [-0.3, -0.25) is 0 Å². The Labute approximate surface area is 120 Å². The summed E-state index contributed by atoms with van der Waals surface area (Å²) in [5, 5.41) is 3.08. The van der Waals surface area contributed by atoms with Crippen molar-refractivity contribution in [2.45, 2.75) is 13.5 Å². The topological polar surface area (TPSA) is 21.3 Å². The first-order chi connectivity index (χ1) is 9.10. The molecule has 0 aliphatic heterocycles. The van der Waals surface area contributed by atoms with Crippen LogP contribution >= 0.6 is 15.9 Å². The van der Waals surface area contributed by atoms with Crippen LogP contribution in [0.5, 0.6) is 11.5 Å². The van der Waals surface area contributed by atoms with Gasteiger partial charge in [-0.1, -0.05) is 28.1 Å². The fourth-order valence-electron chi connectivity index (χ4n) is 1.72. The Morgan fingerprint density at radius 3 is 2.68 bits per heavy atom. The van der Waals surface area contributed by atoms with E-state index in [4.69, 9.17) is 4.74 Å². The lowest BCUT2D eigenvalue weighted by Gasteiger charge is -2.12. The number of halogens is 2. The van der Waals surface area contributed by atoms with Gasteiger partial charge in [0.2, 0.25) is 0 Å². The van der Waals surface area contributed by atoms with Gasteiger partial charge in [-0.15, -0.1) is 0 Å². The van der Waals surface area contributed by atoms with Crippen molar-refractivity contribution < 1.29 is 9.13 Å². The molecule has 2 aromatic rings. The minimum absolute atomic E-state index is 0.261. The van der Waals surface area contributed by atoms with Gasteiger partial charge in [-0.2, -0.15) is 0 Å². The number of rotatable bonds is 4.